The fourth-order valence-corrected chi connectivity index (χ4v) is 1.71. The van der Waals surface area contributed by atoms with Gasteiger partial charge in [0.25, 0.3) is 5.69 Å². The van der Waals surface area contributed by atoms with Crippen LogP contribution in [0.25, 0.3) is 0 Å². The first-order valence-corrected chi connectivity index (χ1v) is 4.83. The molecular weight excluding hydrogens is 236 g/mol. The standard InChI is InChI=1S/C9H7ClN2O4/c10-7-2-1-5(12(14)15)3-6(7)8-4-16-9(13)11-8/h1-3,8H,4H2,(H,11,13)/t8-/m1/s1. The van der Waals surface area contributed by atoms with Gasteiger partial charge < -0.3 is 10.1 Å². The van der Waals surface area contributed by atoms with E-state index in [0.29, 0.717) is 10.6 Å². The van der Waals surface area contributed by atoms with Crippen molar-refractivity contribution in [2.45, 2.75) is 6.04 Å². The maximum atomic E-state index is 10.8. The first kappa shape index (κ1) is 10.7. The van der Waals surface area contributed by atoms with E-state index in [-0.39, 0.29) is 12.3 Å². The van der Waals surface area contributed by atoms with Gasteiger partial charge in [0, 0.05) is 22.7 Å². The molecule has 16 heavy (non-hydrogen) atoms. The van der Waals surface area contributed by atoms with Gasteiger partial charge in [-0.05, 0) is 6.07 Å². The molecule has 1 fully saturated rings. The van der Waals surface area contributed by atoms with Crippen LogP contribution in [0.4, 0.5) is 10.5 Å². The van der Waals surface area contributed by atoms with Crippen molar-refractivity contribution in [2.24, 2.45) is 0 Å². The molecule has 2 rings (SSSR count). The number of amides is 1. The van der Waals surface area contributed by atoms with Crippen molar-refractivity contribution in [1.82, 2.24) is 5.32 Å². The second-order valence-electron chi connectivity index (χ2n) is 3.26. The summed E-state index contributed by atoms with van der Waals surface area (Å²) in [6, 6.07) is 3.64. The highest BCUT2D eigenvalue weighted by molar-refractivity contribution is 6.31. The summed E-state index contributed by atoms with van der Waals surface area (Å²) in [7, 11) is 0. The summed E-state index contributed by atoms with van der Waals surface area (Å²) in [5, 5.41) is 13.5. The normalized spacial score (nSPS) is 19.1. The van der Waals surface area contributed by atoms with E-state index in [9.17, 15) is 14.9 Å². The molecule has 0 saturated carbocycles. The van der Waals surface area contributed by atoms with Gasteiger partial charge in [-0.3, -0.25) is 10.1 Å². The third-order valence-electron chi connectivity index (χ3n) is 2.24. The number of carbonyl (C=O) groups is 1. The van der Waals surface area contributed by atoms with Gasteiger partial charge in [0.05, 0.1) is 11.0 Å². The van der Waals surface area contributed by atoms with Crippen molar-refractivity contribution in [3.05, 3.63) is 38.9 Å². The highest BCUT2D eigenvalue weighted by Crippen LogP contribution is 2.29. The number of carbonyl (C=O) groups excluding carboxylic acids is 1. The summed E-state index contributed by atoms with van der Waals surface area (Å²) in [5.41, 5.74) is 0.419. The number of benzene rings is 1. The first-order chi connectivity index (χ1) is 7.58. The summed E-state index contributed by atoms with van der Waals surface area (Å²) in [5.74, 6) is 0. The number of non-ortho nitro benzene ring substituents is 1. The van der Waals surface area contributed by atoms with Crippen LogP contribution in [-0.4, -0.2) is 17.6 Å². The lowest BCUT2D eigenvalue weighted by atomic mass is 10.1. The molecule has 6 nitrogen and oxygen atoms in total. The van der Waals surface area contributed by atoms with Gasteiger partial charge in [0.15, 0.2) is 0 Å². The smallest absolute Gasteiger partial charge is 0.407 e. The molecule has 1 atom stereocenters. The summed E-state index contributed by atoms with van der Waals surface area (Å²) < 4.78 is 4.70. The Labute approximate surface area is 95.3 Å². The Morgan fingerprint density at radius 3 is 2.88 bits per heavy atom. The molecule has 0 spiro atoms. The molecule has 0 radical (unpaired) electrons. The summed E-state index contributed by atoms with van der Waals surface area (Å²) in [6.07, 6.45) is -0.549. The average Bonchev–Trinajstić information content (AvgIpc) is 2.65. The zero-order chi connectivity index (χ0) is 11.7. The van der Waals surface area contributed by atoms with Crippen LogP contribution >= 0.6 is 11.6 Å². The molecule has 1 aliphatic heterocycles. The third kappa shape index (κ3) is 1.92. The Morgan fingerprint density at radius 1 is 1.56 bits per heavy atom. The van der Waals surface area contributed by atoms with E-state index in [2.05, 4.69) is 5.32 Å². The van der Waals surface area contributed by atoms with E-state index in [0.717, 1.165) is 0 Å². The minimum atomic E-state index is -0.549. The largest absolute Gasteiger partial charge is 0.447 e. The molecule has 1 heterocycles. The Morgan fingerprint density at radius 2 is 2.31 bits per heavy atom. The Kier molecular flexibility index (Phi) is 2.66. The van der Waals surface area contributed by atoms with Crippen molar-refractivity contribution in [1.29, 1.82) is 0 Å². The molecule has 1 N–H and O–H groups in total. The first-order valence-electron chi connectivity index (χ1n) is 4.45. The maximum Gasteiger partial charge on any atom is 0.407 e. The van der Waals surface area contributed by atoms with Gasteiger partial charge in [-0.2, -0.15) is 0 Å². The summed E-state index contributed by atoms with van der Waals surface area (Å²) in [4.78, 5) is 20.9. The van der Waals surface area contributed by atoms with Crippen molar-refractivity contribution in [3.63, 3.8) is 0 Å². The number of alkyl carbamates (subject to hydrolysis) is 1. The Bertz CT molecular complexity index is 463. The van der Waals surface area contributed by atoms with Crippen molar-refractivity contribution in [2.75, 3.05) is 6.61 Å². The number of halogens is 1. The second-order valence-corrected chi connectivity index (χ2v) is 3.67. The van der Waals surface area contributed by atoms with Gasteiger partial charge in [-0.1, -0.05) is 11.6 Å². The Balaban J connectivity index is 2.35. The van der Waals surface area contributed by atoms with Crippen molar-refractivity contribution in [3.8, 4) is 0 Å². The van der Waals surface area contributed by atoms with Crippen LogP contribution in [0.1, 0.15) is 11.6 Å². The van der Waals surface area contributed by atoms with E-state index in [4.69, 9.17) is 16.3 Å². The number of nitrogens with zero attached hydrogens (tertiary/aromatic N) is 1. The van der Waals surface area contributed by atoms with E-state index in [1.165, 1.54) is 18.2 Å². The molecule has 1 aromatic carbocycles. The second kappa shape index (κ2) is 3.97. The minimum absolute atomic E-state index is 0.0689. The van der Waals surface area contributed by atoms with Crippen LogP contribution in [0.3, 0.4) is 0 Å². The highest BCUT2D eigenvalue weighted by Gasteiger charge is 2.26. The van der Waals surface area contributed by atoms with Crippen LogP contribution in [0, 0.1) is 10.1 Å². The number of nitrogens with one attached hydrogen (secondary N) is 1. The zero-order valence-electron chi connectivity index (χ0n) is 7.97. The van der Waals surface area contributed by atoms with Crippen molar-refractivity contribution < 1.29 is 14.5 Å². The third-order valence-corrected chi connectivity index (χ3v) is 2.58. The molecule has 0 bridgehead atoms. The lowest BCUT2D eigenvalue weighted by molar-refractivity contribution is -0.384. The molecule has 84 valence electrons. The van der Waals surface area contributed by atoms with E-state index < -0.39 is 17.1 Å². The Hall–Kier alpha value is -1.82. The monoisotopic (exact) mass is 242 g/mol. The van der Waals surface area contributed by atoms with E-state index in [1.54, 1.807) is 0 Å². The lowest BCUT2D eigenvalue weighted by Gasteiger charge is -2.09. The van der Waals surface area contributed by atoms with Gasteiger partial charge in [-0.25, -0.2) is 4.79 Å². The molecule has 1 amide bonds. The van der Waals surface area contributed by atoms with Crippen LogP contribution in [0.15, 0.2) is 18.2 Å². The van der Waals surface area contributed by atoms with Gasteiger partial charge in [-0.15, -0.1) is 0 Å². The van der Waals surface area contributed by atoms with Crippen LogP contribution < -0.4 is 5.32 Å². The molecule has 1 aliphatic rings. The predicted octanol–water partition coefficient (Wildman–Crippen LogP) is 2.03. The fraction of sp³-hybridized carbons (Fsp3) is 0.222. The quantitative estimate of drug-likeness (QED) is 0.635. The number of nitro groups is 1. The van der Waals surface area contributed by atoms with Gasteiger partial charge in [0.2, 0.25) is 0 Å². The fourth-order valence-electron chi connectivity index (χ4n) is 1.46. The van der Waals surface area contributed by atoms with Gasteiger partial charge in [0.1, 0.15) is 6.61 Å². The highest BCUT2D eigenvalue weighted by atomic mass is 35.5. The molecule has 7 heteroatoms. The summed E-state index contributed by atoms with van der Waals surface area (Å²) >= 11 is 5.90. The van der Waals surface area contributed by atoms with Gasteiger partial charge >= 0.3 is 6.09 Å². The molecule has 0 aromatic heterocycles. The maximum absolute atomic E-state index is 10.8. The topological polar surface area (TPSA) is 81.5 Å². The molecule has 1 aromatic rings. The summed E-state index contributed by atoms with van der Waals surface area (Å²) in [6.45, 7) is 0.125. The van der Waals surface area contributed by atoms with E-state index >= 15 is 0 Å². The number of hydrogen-bond acceptors (Lipinski definition) is 4. The van der Waals surface area contributed by atoms with E-state index in [1.807, 2.05) is 0 Å². The number of cyclic esters (lactones) is 1. The molecule has 0 aliphatic carbocycles. The SMILES string of the molecule is O=C1N[C@@H](c2cc([N+](=O)[O-])ccc2Cl)CO1. The zero-order valence-corrected chi connectivity index (χ0v) is 8.73. The molecular formula is C9H7ClN2O4. The van der Waals surface area contributed by atoms with Crippen LogP contribution in [-0.2, 0) is 4.74 Å². The van der Waals surface area contributed by atoms with Crippen molar-refractivity contribution >= 4 is 23.4 Å². The number of nitro benzene ring substituents is 1. The number of ether oxygens (including phenoxy) is 1. The molecule has 1 saturated heterocycles. The predicted molar refractivity (Wildman–Crippen MR) is 55.3 cm³/mol. The minimum Gasteiger partial charge on any atom is -0.447 e. The average molecular weight is 243 g/mol. The number of hydrogen-bond donors (Lipinski definition) is 1. The van der Waals surface area contributed by atoms with Crippen LogP contribution in [0.5, 0.6) is 0 Å². The molecule has 0 unspecified atom stereocenters. The lowest BCUT2D eigenvalue weighted by Crippen LogP contribution is -2.18. The number of rotatable bonds is 2. The van der Waals surface area contributed by atoms with Crippen LogP contribution in [0.2, 0.25) is 5.02 Å².